The van der Waals surface area contributed by atoms with E-state index in [2.05, 4.69) is 5.32 Å². The highest BCUT2D eigenvalue weighted by Gasteiger charge is 2.28. The Kier molecular flexibility index (Phi) is 7.36. The molecule has 28 heavy (non-hydrogen) atoms. The van der Waals surface area contributed by atoms with E-state index < -0.39 is 22.0 Å². The third kappa shape index (κ3) is 6.21. The molecular formula is C19H25N3O5S. The third-order valence-electron chi connectivity index (χ3n) is 4.30. The molecule has 0 saturated heterocycles. The molecule has 9 heteroatoms. The lowest BCUT2D eigenvalue weighted by molar-refractivity contribution is -0.140. The number of hydrogen-bond acceptors (Lipinski definition) is 5. The molecule has 8 nitrogen and oxygen atoms in total. The van der Waals surface area contributed by atoms with E-state index in [1.54, 1.807) is 19.1 Å². The molecule has 2 aromatic rings. The van der Waals surface area contributed by atoms with Crippen LogP contribution in [0.5, 0.6) is 0 Å². The minimum atomic E-state index is -3.52. The maximum absolute atomic E-state index is 12.8. The number of carbonyl (C=O) groups is 2. The topological polar surface area (TPSA) is 99.9 Å². The van der Waals surface area contributed by atoms with Gasteiger partial charge < -0.3 is 14.6 Å². The first-order valence-electron chi connectivity index (χ1n) is 8.73. The van der Waals surface area contributed by atoms with Crippen LogP contribution in [0.1, 0.15) is 18.2 Å². The Labute approximate surface area is 165 Å². The summed E-state index contributed by atoms with van der Waals surface area (Å²) in [5.41, 5.74) is 0.837. The molecule has 0 aliphatic heterocycles. The number of furan rings is 1. The molecule has 0 unspecified atom stereocenters. The molecule has 152 valence electrons. The summed E-state index contributed by atoms with van der Waals surface area (Å²) in [4.78, 5) is 26.8. The number of amides is 2. The molecular weight excluding hydrogens is 382 g/mol. The van der Waals surface area contributed by atoms with Gasteiger partial charge in [-0.05, 0) is 24.6 Å². The summed E-state index contributed by atoms with van der Waals surface area (Å²) in [6.45, 7) is 1.65. The molecule has 0 saturated carbocycles. The Morgan fingerprint density at radius 2 is 1.82 bits per heavy atom. The van der Waals surface area contributed by atoms with E-state index in [4.69, 9.17) is 4.42 Å². The van der Waals surface area contributed by atoms with Crippen LogP contribution < -0.4 is 5.32 Å². The summed E-state index contributed by atoms with van der Waals surface area (Å²) in [7, 11) is -2.19. The van der Waals surface area contributed by atoms with Gasteiger partial charge in [-0.3, -0.25) is 9.59 Å². The highest BCUT2D eigenvalue weighted by Crippen LogP contribution is 2.11. The highest BCUT2D eigenvalue weighted by molar-refractivity contribution is 7.88. The van der Waals surface area contributed by atoms with E-state index in [0.29, 0.717) is 5.76 Å². The van der Waals surface area contributed by atoms with E-state index in [1.807, 2.05) is 30.3 Å². The molecule has 0 spiro atoms. The van der Waals surface area contributed by atoms with Gasteiger partial charge in [0.05, 0.1) is 25.6 Å². The van der Waals surface area contributed by atoms with Gasteiger partial charge in [0.2, 0.25) is 21.8 Å². The van der Waals surface area contributed by atoms with Crippen LogP contribution in [0.3, 0.4) is 0 Å². The number of hydrogen-bond donors (Lipinski definition) is 1. The van der Waals surface area contributed by atoms with Gasteiger partial charge in [-0.1, -0.05) is 30.3 Å². The minimum absolute atomic E-state index is 0.187. The molecule has 0 aliphatic carbocycles. The van der Waals surface area contributed by atoms with Crippen molar-refractivity contribution >= 4 is 21.8 Å². The fourth-order valence-electron chi connectivity index (χ4n) is 2.50. The van der Waals surface area contributed by atoms with E-state index in [0.717, 1.165) is 16.1 Å². The number of rotatable bonds is 9. The zero-order chi connectivity index (χ0) is 20.7. The van der Waals surface area contributed by atoms with Gasteiger partial charge in [0.25, 0.3) is 0 Å². The molecule has 0 aliphatic rings. The zero-order valence-corrected chi connectivity index (χ0v) is 17.0. The standard InChI is InChI=1S/C19H25N3O5S/c1-15(19(24)20-12-17-10-7-11-27-17)22(13-16-8-5-4-6-9-16)18(23)14-21(2)28(3,25)26/h4-11,15H,12-14H2,1-3H3,(H,20,24)/t15-/m1/s1. The lowest BCUT2D eigenvalue weighted by Gasteiger charge is -2.30. The molecule has 0 radical (unpaired) electrons. The van der Waals surface area contributed by atoms with Crippen LogP contribution in [0.15, 0.2) is 53.1 Å². The van der Waals surface area contributed by atoms with Crippen molar-refractivity contribution in [2.75, 3.05) is 19.8 Å². The van der Waals surface area contributed by atoms with Crippen molar-refractivity contribution in [3.05, 3.63) is 60.1 Å². The van der Waals surface area contributed by atoms with Gasteiger partial charge in [0.1, 0.15) is 11.8 Å². The number of nitrogens with zero attached hydrogens (tertiary/aromatic N) is 2. The average Bonchev–Trinajstić information content (AvgIpc) is 3.17. The summed E-state index contributed by atoms with van der Waals surface area (Å²) < 4.78 is 29.4. The van der Waals surface area contributed by atoms with Crippen LogP contribution >= 0.6 is 0 Å². The molecule has 1 N–H and O–H groups in total. The van der Waals surface area contributed by atoms with Gasteiger partial charge >= 0.3 is 0 Å². The van der Waals surface area contributed by atoms with Crippen LogP contribution in [0.4, 0.5) is 0 Å². The molecule has 1 atom stereocenters. The average molecular weight is 407 g/mol. The molecule has 2 amide bonds. The Hall–Kier alpha value is -2.65. The van der Waals surface area contributed by atoms with Crippen molar-refractivity contribution in [3.63, 3.8) is 0 Å². The molecule has 2 rings (SSSR count). The summed E-state index contributed by atoms with van der Waals surface area (Å²) in [5.74, 6) is -0.224. The van der Waals surface area contributed by atoms with E-state index in [-0.39, 0.29) is 25.5 Å². The first kappa shape index (κ1) is 21.6. The lowest BCUT2D eigenvalue weighted by Crippen LogP contribution is -2.50. The second kappa shape index (κ2) is 9.52. The predicted molar refractivity (Wildman–Crippen MR) is 104 cm³/mol. The summed E-state index contributed by atoms with van der Waals surface area (Å²) in [6, 6.07) is 11.9. The van der Waals surface area contributed by atoms with Crippen LogP contribution in [0.2, 0.25) is 0 Å². The smallest absolute Gasteiger partial charge is 0.242 e. The number of carbonyl (C=O) groups excluding carboxylic acids is 2. The third-order valence-corrected chi connectivity index (χ3v) is 5.57. The van der Waals surface area contributed by atoms with Crippen LogP contribution in [-0.4, -0.2) is 55.3 Å². The molecule has 1 aromatic carbocycles. The van der Waals surface area contributed by atoms with Crippen molar-refractivity contribution in [2.45, 2.75) is 26.1 Å². The largest absolute Gasteiger partial charge is 0.467 e. The Morgan fingerprint density at radius 1 is 1.14 bits per heavy atom. The van der Waals surface area contributed by atoms with Gasteiger partial charge in [-0.15, -0.1) is 0 Å². The molecule has 0 fully saturated rings. The second-order valence-electron chi connectivity index (χ2n) is 6.50. The van der Waals surface area contributed by atoms with Crippen LogP contribution in [0, 0.1) is 0 Å². The Morgan fingerprint density at radius 3 is 2.39 bits per heavy atom. The predicted octanol–water partition coefficient (Wildman–Crippen LogP) is 1.20. The van der Waals surface area contributed by atoms with Crippen molar-refractivity contribution in [1.29, 1.82) is 0 Å². The molecule has 0 bridgehead atoms. The quantitative estimate of drug-likeness (QED) is 0.673. The number of sulfonamides is 1. The van der Waals surface area contributed by atoms with Gasteiger partial charge in [0, 0.05) is 13.6 Å². The second-order valence-corrected chi connectivity index (χ2v) is 8.59. The fraction of sp³-hybridized carbons (Fsp3) is 0.368. The van der Waals surface area contributed by atoms with Gasteiger partial charge in [-0.2, -0.15) is 4.31 Å². The van der Waals surface area contributed by atoms with Crippen molar-refractivity contribution in [3.8, 4) is 0 Å². The fourth-order valence-corrected chi connectivity index (χ4v) is 2.84. The zero-order valence-electron chi connectivity index (χ0n) is 16.2. The summed E-state index contributed by atoms with van der Waals surface area (Å²) in [5, 5.41) is 2.73. The summed E-state index contributed by atoms with van der Waals surface area (Å²) in [6.07, 6.45) is 2.54. The highest BCUT2D eigenvalue weighted by atomic mass is 32.2. The minimum Gasteiger partial charge on any atom is -0.467 e. The monoisotopic (exact) mass is 407 g/mol. The summed E-state index contributed by atoms with van der Waals surface area (Å²) >= 11 is 0. The van der Waals surface area contributed by atoms with E-state index in [1.165, 1.54) is 18.2 Å². The Bertz CT molecular complexity index is 882. The number of benzene rings is 1. The van der Waals surface area contributed by atoms with E-state index >= 15 is 0 Å². The number of nitrogens with one attached hydrogen (secondary N) is 1. The van der Waals surface area contributed by atoms with Crippen molar-refractivity contribution in [1.82, 2.24) is 14.5 Å². The maximum Gasteiger partial charge on any atom is 0.242 e. The van der Waals surface area contributed by atoms with E-state index in [9.17, 15) is 18.0 Å². The normalized spacial score (nSPS) is 12.6. The first-order chi connectivity index (χ1) is 13.2. The van der Waals surface area contributed by atoms with Crippen LogP contribution in [-0.2, 0) is 32.7 Å². The van der Waals surface area contributed by atoms with Crippen LogP contribution in [0.25, 0.3) is 0 Å². The molecule has 1 heterocycles. The molecule has 1 aromatic heterocycles. The number of likely N-dealkylation sites (N-methyl/N-ethyl adjacent to an activating group) is 1. The maximum atomic E-state index is 12.8. The van der Waals surface area contributed by atoms with Crippen molar-refractivity contribution < 1.29 is 22.4 Å². The van der Waals surface area contributed by atoms with Gasteiger partial charge in [0.15, 0.2) is 0 Å². The Balaban J connectivity index is 2.13. The van der Waals surface area contributed by atoms with Gasteiger partial charge in [-0.25, -0.2) is 8.42 Å². The SMILES string of the molecule is C[C@H](C(=O)NCc1ccco1)N(Cc1ccccc1)C(=O)CN(C)S(C)(=O)=O. The van der Waals surface area contributed by atoms with Crippen molar-refractivity contribution in [2.24, 2.45) is 0 Å². The lowest BCUT2D eigenvalue weighted by atomic mass is 10.1. The first-order valence-corrected chi connectivity index (χ1v) is 10.6.